The molecule has 8 heavy (non-hydrogen) atoms. The second-order valence-corrected chi connectivity index (χ2v) is 2.67. The van der Waals surface area contributed by atoms with Crippen molar-refractivity contribution in [2.75, 3.05) is 0 Å². The molecule has 0 aromatic carbocycles. The van der Waals surface area contributed by atoms with Crippen LogP contribution in [0.3, 0.4) is 0 Å². The van der Waals surface area contributed by atoms with E-state index in [1.807, 2.05) is 0 Å². The lowest BCUT2D eigenvalue weighted by molar-refractivity contribution is 0.130. The average Bonchev–Trinajstić information content (AvgIpc) is 2.14. The molecule has 0 amide bonds. The Labute approximate surface area is 50.7 Å². The smallest absolute Gasteiger partial charge is 0.0568 e. The van der Waals surface area contributed by atoms with Gasteiger partial charge in [-0.2, -0.15) is 0 Å². The molecular weight excluding hydrogens is 100 g/mol. The van der Waals surface area contributed by atoms with Crippen molar-refractivity contribution in [2.45, 2.75) is 38.7 Å². The van der Waals surface area contributed by atoms with Gasteiger partial charge in [0, 0.05) is 0 Å². The third-order valence-corrected chi connectivity index (χ3v) is 2.14. The molecule has 1 fully saturated rings. The van der Waals surface area contributed by atoms with E-state index >= 15 is 0 Å². The number of hydrogen-bond donors (Lipinski definition) is 1. The molecule has 1 aliphatic carbocycles. The van der Waals surface area contributed by atoms with Crippen molar-refractivity contribution in [3.8, 4) is 0 Å². The normalized spacial score (nSPS) is 38.2. The summed E-state index contributed by atoms with van der Waals surface area (Å²) < 4.78 is 0. The first-order valence-corrected chi connectivity index (χ1v) is 3.52. The number of aliphatic hydroxyl groups excluding tert-OH is 1. The second-order valence-electron chi connectivity index (χ2n) is 2.67. The van der Waals surface area contributed by atoms with Crippen LogP contribution in [0.1, 0.15) is 32.6 Å². The summed E-state index contributed by atoms with van der Waals surface area (Å²) >= 11 is 0. The van der Waals surface area contributed by atoms with Crippen LogP contribution in [0.25, 0.3) is 0 Å². The molecule has 1 unspecified atom stereocenters. The molecule has 0 spiro atoms. The Morgan fingerprint density at radius 3 is 2.50 bits per heavy atom. The topological polar surface area (TPSA) is 20.2 Å². The van der Waals surface area contributed by atoms with Crippen LogP contribution in [-0.4, -0.2) is 11.2 Å². The highest BCUT2D eigenvalue weighted by atomic mass is 16.3. The van der Waals surface area contributed by atoms with Crippen molar-refractivity contribution >= 4 is 0 Å². The second kappa shape index (κ2) is 2.49. The summed E-state index contributed by atoms with van der Waals surface area (Å²) in [5.74, 6) is 0.620. The average molecular weight is 114 g/mol. The molecule has 2 atom stereocenters. The molecule has 1 nitrogen and oxygen atoms in total. The summed E-state index contributed by atoms with van der Waals surface area (Å²) in [5.41, 5.74) is 0. The Morgan fingerprint density at radius 1 is 1.50 bits per heavy atom. The van der Waals surface area contributed by atoms with Crippen LogP contribution in [0.15, 0.2) is 0 Å². The fourth-order valence-corrected chi connectivity index (χ4v) is 1.49. The number of hydrogen-bond acceptors (Lipinski definition) is 1. The van der Waals surface area contributed by atoms with Crippen LogP contribution < -0.4 is 0 Å². The van der Waals surface area contributed by atoms with Crippen molar-refractivity contribution in [3.05, 3.63) is 0 Å². The van der Waals surface area contributed by atoms with E-state index < -0.39 is 0 Å². The van der Waals surface area contributed by atoms with Gasteiger partial charge in [-0.1, -0.05) is 19.8 Å². The van der Waals surface area contributed by atoms with Crippen LogP contribution in [0.4, 0.5) is 0 Å². The zero-order chi connectivity index (χ0) is 5.98. The quantitative estimate of drug-likeness (QED) is 0.548. The molecule has 0 aliphatic heterocycles. The molecule has 48 valence electrons. The van der Waals surface area contributed by atoms with Crippen LogP contribution in [0, 0.1) is 5.92 Å². The Kier molecular flexibility index (Phi) is 1.90. The Balaban J connectivity index is 2.30. The first-order valence-electron chi connectivity index (χ1n) is 3.52. The van der Waals surface area contributed by atoms with Gasteiger partial charge in [-0.25, -0.2) is 0 Å². The zero-order valence-electron chi connectivity index (χ0n) is 5.43. The van der Waals surface area contributed by atoms with Crippen molar-refractivity contribution in [2.24, 2.45) is 5.92 Å². The first-order chi connectivity index (χ1) is 3.84. The lowest BCUT2D eigenvalue weighted by atomic mass is 10.0. The molecule has 0 aromatic rings. The third-order valence-electron chi connectivity index (χ3n) is 2.14. The molecule has 0 radical (unpaired) electrons. The van der Waals surface area contributed by atoms with Gasteiger partial charge in [0.2, 0.25) is 0 Å². The lowest BCUT2D eigenvalue weighted by Gasteiger charge is -2.09. The maximum absolute atomic E-state index is 9.19. The highest BCUT2D eigenvalue weighted by Crippen LogP contribution is 2.27. The fourth-order valence-electron chi connectivity index (χ4n) is 1.49. The summed E-state index contributed by atoms with van der Waals surface area (Å²) in [5, 5.41) is 9.19. The monoisotopic (exact) mass is 114 g/mol. The van der Waals surface area contributed by atoms with Gasteiger partial charge in [0.1, 0.15) is 0 Å². The molecule has 1 heteroatoms. The van der Waals surface area contributed by atoms with Crippen molar-refractivity contribution < 1.29 is 5.11 Å². The van der Waals surface area contributed by atoms with Crippen LogP contribution in [0.5, 0.6) is 0 Å². The summed E-state index contributed by atoms with van der Waals surface area (Å²) in [6.45, 7) is 2.15. The Morgan fingerprint density at radius 2 is 2.25 bits per heavy atom. The van der Waals surface area contributed by atoms with Crippen molar-refractivity contribution in [1.82, 2.24) is 0 Å². The maximum Gasteiger partial charge on any atom is 0.0568 e. The Hall–Kier alpha value is -0.0400. The predicted molar refractivity (Wildman–Crippen MR) is 33.6 cm³/mol. The summed E-state index contributed by atoms with van der Waals surface area (Å²) in [6.07, 6.45) is 4.71. The minimum Gasteiger partial charge on any atom is -0.393 e. The highest BCUT2D eigenvalue weighted by Gasteiger charge is 2.22. The lowest BCUT2D eigenvalue weighted by Crippen LogP contribution is -2.10. The highest BCUT2D eigenvalue weighted by molar-refractivity contribution is 4.74. The molecule has 0 bridgehead atoms. The van der Waals surface area contributed by atoms with Gasteiger partial charge in [0.05, 0.1) is 6.10 Å². The summed E-state index contributed by atoms with van der Waals surface area (Å²) in [4.78, 5) is 0. The van der Waals surface area contributed by atoms with Crippen LogP contribution in [0.2, 0.25) is 0 Å². The molecule has 0 aromatic heterocycles. The number of rotatable bonds is 1. The van der Waals surface area contributed by atoms with E-state index in [1.54, 1.807) is 0 Å². The van der Waals surface area contributed by atoms with Crippen LogP contribution >= 0.6 is 0 Å². The summed E-state index contributed by atoms with van der Waals surface area (Å²) in [7, 11) is 0. The number of aliphatic hydroxyl groups is 1. The van der Waals surface area contributed by atoms with E-state index in [9.17, 15) is 5.11 Å². The van der Waals surface area contributed by atoms with Gasteiger partial charge in [-0.05, 0) is 18.8 Å². The van der Waals surface area contributed by atoms with Crippen molar-refractivity contribution in [1.29, 1.82) is 0 Å². The van der Waals surface area contributed by atoms with Gasteiger partial charge >= 0.3 is 0 Å². The van der Waals surface area contributed by atoms with Gasteiger partial charge in [-0.15, -0.1) is 0 Å². The van der Waals surface area contributed by atoms with Gasteiger partial charge < -0.3 is 5.11 Å². The van der Waals surface area contributed by atoms with Gasteiger partial charge in [0.25, 0.3) is 0 Å². The zero-order valence-corrected chi connectivity index (χ0v) is 5.43. The molecule has 0 saturated heterocycles. The van der Waals surface area contributed by atoms with E-state index in [0.29, 0.717) is 5.92 Å². The maximum atomic E-state index is 9.19. The minimum absolute atomic E-state index is 0.0278. The third kappa shape index (κ3) is 1.03. The Bertz CT molecular complexity index is 70.8. The predicted octanol–water partition coefficient (Wildman–Crippen LogP) is 1.56. The largest absolute Gasteiger partial charge is 0.393 e. The molecule has 1 N–H and O–H groups in total. The van der Waals surface area contributed by atoms with Gasteiger partial charge in [-0.3, -0.25) is 0 Å². The van der Waals surface area contributed by atoms with E-state index in [0.717, 1.165) is 12.8 Å². The van der Waals surface area contributed by atoms with Crippen molar-refractivity contribution in [3.63, 3.8) is 0 Å². The van der Waals surface area contributed by atoms with Crippen LogP contribution in [-0.2, 0) is 0 Å². The molecule has 1 saturated carbocycles. The van der Waals surface area contributed by atoms with Gasteiger partial charge in [0.15, 0.2) is 0 Å². The first kappa shape index (κ1) is 6.09. The van der Waals surface area contributed by atoms with E-state index in [1.165, 1.54) is 12.8 Å². The molecular formula is C7H14O. The van der Waals surface area contributed by atoms with E-state index in [-0.39, 0.29) is 6.10 Å². The van der Waals surface area contributed by atoms with E-state index in [4.69, 9.17) is 0 Å². The molecule has 1 aliphatic rings. The molecule has 1 rings (SSSR count). The van der Waals surface area contributed by atoms with E-state index in [2.05, 4.69) is 6.92 Å². The minimum atomic E-state index is 0.0278. The fraction of sp³-hybridized carbons (Fsp3) is 1.00. The molecule has 0 heterocycles. The summed E-state index contributed by atoms with van der Waals surface area (Å²) in [6, 6.07) is 0. The SMILES string of the molecule is CCC1CCC[C@@H]1O. The standard InChI is InChI=1S/C7H14O/c1-2-6-4-3-5-7(6)8/h6-8H,2-5H2,1H3/t6?,7-/m0/s1.